The number of hydrogen-bond acceptors (Lipinski definition) is 2. The summed E-state index contributed by atoms with van der Waals surface area (Å²) in [6, 6.07) is 3.91. The molecule has 0 N–H and O–H groups in total. The molecule has 1 saturated carbocycles. The minimum Gasteiger partial charge on any atom is -0.496 e. The van der Waals surface area contributed by atoms with Crippen molar-refractivity contribution in [1.82, 2.24) is 0 Å². The van der Waals surface area contributed by atoms with E-state index in [1.54, 1.807) is 7.11 Å². The van der Waals surface area contributed by atoms with Gasteiger partial charge in [0.05, 0.1) is 7.11 Å². The summed E-state index contributed by atoms with van der Waals surface area (Å²) in [6.07, 6.45) is 3.16. The molecular weight excluding hydrogens is 200 g/mol. The highest BCUT2D eigenvalue weighted by Gasteiger charge is 2.25. The lowest BCUT2D eigenvalue weighted by Crippen LogP contribution is -2.04. The second-order valence-electron chi connectivity index (χ2n) is 4.71. The summed E-state index contributed by atoms with van der Waals surface area (Å²) in [6.45, 7) is 3.95. The molecule has 1 aliphatic carbocycles. The summed E-state index contributed by atoms with van der Waals surface area (Å²) >= 11 is 0. The number of hydrogen-bond donors (Lipinski definition) is 0. The maximum absolute atomic E-state index is 12.0. The zero-order valence-corrected chi connectivity index (χ0v) is 10.2. The molecule has 2 nitrogen and oxygen atoms in total. The summed E-state index contributed by atoms with van der Waals surface area (Å²) in [7, 11) is 1.66. The number of benzene rings is 1. The van der Waals surface area contributed by atoms with Gasteiger partial charge in [-0.3, -0.25) is 4.79 Å². The molecule has 1 aromatic carbocycles. The van der Waals surface area contributed by atoms with Crippen molar-refractivity contribution in [1.29, 1.82) is 0 Å². The molecule has 0 atom stereocenters. The average Bonchev–Trinajstić information content (AvgIpc) is 3.04. The SMILES string of the molecule is COc1cc(C)c(C(=O)CC2CC2)cc1C. The van der Waals surface area contributed by atoms with E-state index in [-0.39, 0.29) is 5.78 Å². The van der Waals surface area contributed by atoms with Crippen LogP contribution in [0.3, 0.4) is 0 Å². The zero-order chi connectivity index (χ0) is 11.7. The summed E-state index contributed by atoms with van der Waals surface area (Å²) in [5.74, 6) is 1.79. The van der Waals surface area contributed by atoms with Gasteiger partial charge in [-0.2, -0.15) is 0 Å². The molecule has 0 unspecified atom stereocenters. The van der Waals surface area contributed by atoms with E-state index in [2.05, 4.69) is 0 Å². The van der Waals surface area contributed by atoms with Crippen LogP contribution in [0.5, 0.6) is 5.75 Å². The highest BCUT2D eigenvalue weighted by atomic mass is 16.5. The highest BCUT2D eigenvalue weighted by molar-refractivity contribution is 5.98. The predicted octanol–water partition coefficient (Wildman–Crippen LogP) is 3.29. The van der Waals surface area contributed by atoms with Crippen molar-refractivity contribution in [2.75, 3.05) is 7.11 Å². The highest BCUT2D eigenvalue weighted by Crippen LogP contribution is 2.34. The van der Waals surface area contributed by atoms with Crippen LogP contribution in [0.4, 0.5) is 0 Å². The van der Waals surface area contributed by atoms with Gasteiger partial charge in [-0.1, -0.05) is 0 Å². The second kappa shape index (κ2) is 4.28. The number of rotatable bonds is 4. The molecule has 0 aromatic heterocycles. The Morgan fingerprint density at radius 2 is 2.00 bits per heavy atom. The molecule has 0 amide bonds. The van der Waals surface area contributed by atoms with E-state index in [1.807, 2.05) is 26.0 Å². The monoisotopic (exact) mass is 218 g/mol. The van der Waals surface area contributed by atoms with Gasteiger partial charge in [-0.05, 0) is 55.9 Å². The van der Waals surface area contributed by atoms with Gasteiger partial charge in [-0.15, -0.1) is 0 Å². The molecule has 86 valence electrons. The van der Waals surface area contributed by atoms with Gasteiger partial charge in [0, 0.05) is 12.0 Å². The zero-order valence-electron chi connectivity index (χ0n) is 10.2. The van der Waals surface area contributed by atoms with Crippen LogP contribution in [0.25, 0.3) is 0 Å². The third kappa shape index (κ3) is 2.26. The molecule has 2 rings (SSSR count). The summed E-state index contributed by atoms with van der Waals surface area (Å²) in [5.41, 5.74) is 2.92. The topological polar surface area (TPSA) is 26.3 Å². The summed E-state index contributed by atoms with van der Waals surface area (Å²) in [5, 5.41) is 0. The Hall–Kier alpha value is -1.31. The third-order valence-electron chi connectivity index (χ3n) is 3.21. The van der Waals surface area contributed by atoms with Crippen molar-refractivity contribution in [3.8, 4) is 5.75 Å². The maximum atomic E-state index is 12.0. The second-order valence-corrected chi connectivity index (χ2v) is 4.71. The van der Waals surface area contributed by atoms with E-state index >= 15 is 0 Å². The van der Waals surface area contributed by atoms with Gasteiger partial charge in [0.1, 0.15) is 5.75 Å². The number of Topliss-reactive ketones (excluding diaryl/α,β-unsaturated/α-hetero) is 1. The molecule has 1 aliphatic rings. The van der Waals surface area contributed by atoms with Crippen molar-refractivity contribution in [3.63, 3.8) is 0 Å². The molecule has 0 bridgehead atoms. The Morgan fingerprint density at radius 1 is 1.31 bits per heavy atom. The third-order valence-corrected chi connectivity index (χ3v) is 3.21. The molecule has 0 heterocycles. The Kier molecular flexibility index (Phi) is 2.99. The molecule has 1 aromatic rings. The number of ether oxygens (including phenoxy) is 1. The Morgan fingerprint density at radius 3 is 2.56 bits per heavy atom. The maximum Gasteiger partial charge on any atom is 0.163 e. The molecule has 0 saturated heterocycles. The van der Waals surface area contributed by atoms with Gasteiger partial charge < -0.3 is 4.74 Å². The Bertz CT molecular complexity index is 417. The van der Waals surface area contributed by atoms with E-state index < -0.39 is 0 Å². The van der Waals surface area contributed by atoms with Crippen LogP contribution in [0.15, 0.2) is 12.1 Å². The van der Waals surface area contributed by atoms with Crippen molar-refractivity contribution in [2.24, 2.45) is 5.92 Å². The number of carbonyl (C=O) groups is 1. The summed E-state index contributed by atoms with van der Waals surface area (Å²) < 4.78 is 5.24. The molecule has 0 spiro atoms. The first-order valence-electron chi connectivity index (χ1n) is 5.80. The fourth-order valence-electron chi connectivity index (χ4n) is 2.00. The van der Waals surface area contributed by atoms with Crippen LogP contribution < -0.4 is 4.74 Å². The minimum absolute atomic E-state index is 0.283. The fraction of sp³-hybridized carbons (Fsp3) is 0.500. The lowest BCUT2D eigenvalue weighted by molar-refractivity contribution is 0.0975. The van der Waals surface area contributed by atoms with E-state index in [0.717, 1.165) is 22.4 Å². The van der Waals surface area contributed by atoms with Crippen molar-refractivity contribution < 1.29 is 9.53 Å². The van der Waals surface area contributed by atoms with Crippen LogP contribution in [0.2, 0.25) is 0 Å². The van der Waals surface area contributed by atoms with Crippen molar-refractivity contribution >= 4 is 5.78 Å². The molecule has 2 heteroatoms. The normalized spacial score (nSPS) is 14.9. The standard InChI is InChI=1S/C14H18O2/c1-9-7-14(16-3)10(2)6-12(9)13(15)8-11-4-5-11/h6-7,11H,4-5,8H2,1-3H3. The number of carbonyl (C=O) groups excluding carboxylic acids is 1. The lowest BCUT2D eigenvalue weighted by atomic mass is 9.98. The largest absolute Gasteiger partial charge is 0.496 e. The number of aryl methyl sites for hydroxylation is 2. The molecular formula is C14H18O2. The number of ketones is 1. The average molecular weight is 218 g/mol. The van der Waals surface area contributed by atoms with Gasteiger partial charge in [0.25, 0.3) is 0 Å². The first-order valence-corrected chi connectivity index (χ1v) is 5.80. The van der Waals surface area contributed by atoms with Crippen LogP contribution in [0, 0.1) is 19.8 Å². The van der Waals surface area contributed by atoms with Crippen LogP contribution in [0.1, 0.15) is 40.7 Å². The van der Waals surface area contributed by atoms with Crippen LogP contribution in [-0.2, 0) is 0 Å². The molecule has 0 radical (unpaired) electrons. The van der Waals surface area contributed by atoms with E-state index in [9.17, 15) is 4.79 Å². The Balaban J connectivity index is 2.25. The molecule has 1 fully saturated rings. The number of methoxy groups -OCH3 is 1. The van der Waals surface area contributed by atoms with Gasteiger partial charge in [-0.25, -0.2) is 0 Å². The van der Waals surface area contributed by atoms with Crippen LogP contribution >= 0.6 is 0 Å². The molecule has 16 heavy (non-hydrogen) atoms. The Labute approximate surface area is 96.6 Å². The van der Waals surface area contributed by atoms with Gasteiger partial charge >= 0.3 is 0 Å². The van der Waals surface area contributed by atoms with Crippen LogP contribution in [-0.4, -0.2) is 12.9 Å². The van der Waals surface area contributed by atoms with Gasteiger partial charge in [0.15, 0.2) is 5.78 Å². The van der Waals surface area contributed by atoms with Crippen molar-refractivity contribution in [2.45, 2.75) is 33.1 Å². The molecule has 0 aliphatic heterocycles. The fourth-order valence-corrected chi connectivity index (χ4v) is 2.00. The van der Waals surface area contributed by atoms with E-state index in [0.29, 0.717) is 12.3 Å². The van der Waals surface area contributed by atoms with Gasteiger partial charge in [0.2, 0.25) is 0 Å². The predicted molar refractivity (Wildman–Crippen MR) is 64.1 cm³/mol. The first-order chi connectivity index (χ1) is 7.61. The van der Waals surface area contributed by atoms with E-state index in [4.69, 9.17) is 4.74 Å². The smallest absolute Gasteiger partial charge is 0.163 e. The summed E-state index contributed by atoms with van der Waals surface area (Å²) in [4.78, 5) is 12.0. The minimum atomic E-state index is 0.283. The van der Waals surface area contributed by atoms with E-state index in [1.165, 1.54) is 12.8 Å². The lowest BCUT2D eigenvalue weighted by Gasteiger charge is -2.10. The first kappa shape index (κ1) is 11.2. The van der Waals surface area contributed by atoms with Crippen molar-refractivity contribution in [3.05, 3.63) is 28.8 Å². The quantitative estimate of drug-likeness (QED) is 0.725.